The molecule has 2 amide bonds. The third kappa shape index (κ3) is 4.67. The van der Waals surface area contributed by atoms with E-state index in [0.29, 0.717) is 6.54 Å². The number of hydrogen-bond acceptors (Lipinski definition) is 3. The molecule has 5 nitrogen and oxygen atoms in total. The SMILES string of the molecule is COc1cc([C@H](C)NC(=O)NCc2cccc(C)n2)ccc1F. The van der Waals surface area contributed by atoms with Crippen LogP contribution >= 0.6 is 0 Å². The fourth-order valence-corrected chi connectivity index (χ4v) is 2.15. The Kier molecular flexibility index (Phi) is 5.51. The number of ether oxygens (including phenoxy) is 1. The van der Waals surface area contributed by atoms with Gasteiger partial charge in [0.2, 0.25) is 0 Å². The summed E-state index contributed by atoms with van der Waals surface area (Å²) < 4.78 is 18.4. The van der Waals surface area contributed by atoms with Gasteiger partial charge >= 0.3 is 6.03 Å². The summed E-state index contributed by atoms with van der Waals surface area (Å²) in [5, 5.41) is 5.54. The van der Waals surface area contributed by atoms with E-state index < -0.39 is 5.82 Å². The summed E-state index contributed by atoms with van der Waals surface area (Å²) in [6.07, 6.45) is 0. The number of rotatable bonds is 5. The summed E-state index contributed by atoms with van der Waals surface area (Å²) in [7, 11) is 1.40. The zero-order valence-corrected chi connectivity index (χ0v) is 13.4. The second-order valence-electron chi connectivity index (χ2n) is 5.21. The molecule has 122 valence electrons. The van der Waals surface area contributed by atoms with Gasteiger partial charge in [-0.2, -0.15) is 0 Å². The van der Waals surface area contributed by atoms with E-state index >= 15 is 0 Å². The molecule has 0 spiro atoms. The first kappa shape index (κ1) is 16.7. The highest BCUT2D eigenvalue weighted by molar-refractivity contribution is 5.74. The van der Waals surface area contributed by atoms with Gasteiger partial charge < -0.3 is 15.4 Å². The minimum atomic E-state index is -0.432. The zero-order chi connectivity index (χ0) is 16.8. The number of pyridine rings is 1. The smallest absolute Gasteiger partial charge is 0.315 e. The number of amides is 2. The summed E-state index contributed by atoms with van der Waals surface area (Å²) in [5.74, 6) is -0.279. The van der Waals surface area contributed by atoms with Crippen LogP contribution in [0.25, 0.3) is 0 Å². The standard InChI is InChI=1S/C17H20FN3O2/c1-11-5-4-6-14(20-11)10-19-17(22)21-12(2)13-7-8-15(18)16(9-13)23-3/h4-9,12H,10H2,1-3H3,(H2,19,21,22)/t12-/m0/s1. The highest BCUT2D eigenvalue weighted by Gasteiger charge is 2.12. The van der Waals surface area contributed by atoms with Crippen LogP contribution in [0.2, 0.25) is 0 Å². The normalized spacial score (nSPS) is 11.7. The van der Waals surface area contributed by atoms with Crippen LogP contribution in [0.1, 0.15) is 29.9 Å². The number of nitrogens with zero attached hydrogens (tertiary/aromatic N) is 1. The van der Waals surface area contributed by atoms with E-state index in [1.54, 1.807) is 12.1 Å². The third-order valence-corrected chi connectivity index (χ3v) is 3.40. The summed E-state index contributed by atoms with van der Waals surface area (Å²) in [6, 6.07) is 9.55. The van der Waals surface area contributed by atoms with E-state index in [1.807, 2.05) is 32.0 Å². The lowest BCUT2D eigenvalue weighted by Gasteiger charge is -2.16. The molecule has 0 saturated carbocycles. The lowest BCUT2D eigenvalue weighted by atomic mass is 10.1. The molecule has 1 heterocycles. The number of nitrogens with one attached hydrogen (secondary N) is 2. The minimum Gasteiger partial charge on any atom is -0.494 e. The van der Waals surface area contributed by atoms with Gasteiger partial charge in [-0.25, -0.2) is 9.18 Å². The van der Waals surface area contributed by atoms with Gasteiger partial charge in [-0.15, -0.1) is 0 Å². The van der Waals surface area contributed by atoms with E-state index in [1.165, 1.54) is 13.2 Å². The van der Waals surface area contributed by atoms with Crippen molar-refractivity contribution < 1.29 is 13.9 Å². The molecular weight excluding hydrogens is 297 g/mol. The Morgan fingerprint density at radius 2 is 2.13 bits per heavy atom. The molecule has 6 heteroatoms. The maximum absolute atomic E-state index is 13.4. The van der Waals surface area contributed by atoms with Gasteiger partial charge in [-0.05, 0) is 43.7 Å². The van der Waals surface area contributed by atoms with Gasteiger partial charge in [-0.3, -0.25) is 4.98 Å². The molecule has 1 aromatic carbocycles. The van der Waals surface area contributed by atoms with Gasteiger partial charge in [0.15, 0.2) is 11.6 Å². The number of hydrogen-bond donors (Lipinski definition) is 2. The number of carbonyl (C=O) groups excluding carboxylic acids is 1. The van der Waals surface area contributed by atoms with Crippen molar-refractivity contribution in [3.8, 4) is 5.75 Å². The molecule has 1 aromatic heterocycles. The summed E-state index contributed by atoms with van der Waals surface area (Å²) in [4.78, 5) is 16.3. The van der Waals surface area contributed by atoms with E-state index in [9.17, 15) is 9.18 Å². The van der Waals surface area contributed by atoms with Crippen LogP contribution in [0.4, 0.5) is 9.18 Å². The lowest BCUT2D eigenvalue weighted by Crippen LogP contribution is -2.36. The van der Waals surface area contributed by atoms with Crippen LogP contribution in [0.5, 0.6) is 5.75 Å². The van der Waals surface area contributed by atoms with Crippen molar-refractivity contribution in [2.24, 2.45) is 0 Å². The van der Waals surface area contributed by atoms with Gasteiger partial charge in [0, 0.05) is 5.69 Å². The average molecular weight is 317 g/mol. The Labute approximate surface area is 134 Å². The van der Waals surface area contributed by atoms with Gasteiger partial charge in [0.1, 0.15) is 0 Å². The quantitative estimate of drug-likeness (QED) is 0.890. The minimum absolute atomic E-state index is 0.153. The number of urea groups is 1. The average Bonchev–Trinajstić information content (AvgIpc) is 2.53. The highest BCUT2D eigenvalue weighted by Crippen LogP contribution is 2.22. The van der Waals surface area contributed by atoms with Crippen molar-refractivity contribution in [1.29, 1.82) is 0 Å². The maximum Gasteiger partial charge on any atom is 0.315 e. The lowest BCUT2D eigenvalue weighted by molar-refractivity contribution is 0.237. The number of halogens is 1. The summed E-state index contributed by atoms with van der Waals surface area (Å²) >= 11 is 0. The monoisotopic (exact) mass is 317 g/mol. The Morgan fingerprint density at radius 3 is 2.83 bits per heavy atom. The van der Waals surface area contributed by atoms with E-state index in [4.69, 9.17) is 4.74 Å². The first-order valence-electron chi connectivity index (χ1n) is 7.30. The Bertz CT molecular complexity index is 691. The van der Waals surface area contributed by atoms with Crippen LogP contribution in [0.15, 0.2) is 36.4 Å². The predicted octanol–water partition coefficient (Wildman–Crippen LogP) is 3.10. The van der Waals surface area contributed by atoms with E-state index in [0.717, 1.165) is 17.0 Å². The number of carbonyl (C=O) groups is 1. The van der Waals surface area contributed by atoms with Crippen LogP contribution in [-0.4, -0.2) is 18.1 Å². The van der Waals surface area contributed by atoms with Crippen molar-refractivity contribution in [3.05, 3.63) is 59.2 Å². The van der Waals surface area contributed by atoms with E-state index in [2.05, 4.69) is 15.6 Å². The fraction of sp³-hybridized carbons (Fsp3) is 0.294. The second-order valence-corrected chi connectivity index (χ2v) is 5.21. The number of methoxy groups -OCH3 is 1. The zero-order valence-electron chi connectivity index (χ0n) is 13.4. The molecule has 2 N–H and O–H groups in total. The predicted molar refractivity (Wildman–Crippen MR) is 85.7 cm³/mol. The second kappa shape index (κ2) is 7.58. The molecule has 0 fully saturated rings. The van der Waals surface area contributed by atoms with Crippen molar-refractivity contribution in [2.75, 3.05) is 7.11 Å². The van der Waals surface area contributed by atoms with Crippen molar-refractivity contribution in [2.45, 2.75) is 26.4 Å². The van der Waals surface area contributed by atoms with Crippen molar-refractivity contribution in [1.82, 2.24) is 15.6 Å². The summed E-state index contributed by atoms with van der Waals surface area (Å²) in [5.41, 5.74) is 2.44. The van der Waals surface area contributed by atoms with Crippen LogP contribution < -0.4 is 15.4 Å². The number of aryl methyl sites for hydroxylation is 1. The van der Waals surface area contributed by atoms with Crippen molar-refractivity contribution in [3.63, 3.8) is 0 Å². The van der Waals surface area contributed by atoms with Crippen LogP contribution in [0, 0.1) is 12.7 Å². The van der Waals surface area contributed by atoms with Crippen LogP contribution in [0.3, 0.4) is 0 Å². The number of benzene rings is 1. The topological polar surface area (TPSA) is 63.2 Å². The van der Waals surface area contributed by atoms with Gasteiger partial charge in [0.25, 0.3) is 0 Å². The third-order valence-electron chi connectivity index (χ3n) is 3.40. The molecule has 0 aliphatic carbocycles. The molecule has 2 rings (SSSR count). The largest absolute Gasteiger partial charge is 0.494 e. The van der Waals surface area contributed by atoms with E-state index in [-0.39, 0.29) is 17.8 Å². The Hall–Kier alpha value is -2.63. The van der Waals surface area contributed by atoms with Gasteiger partial charge in [0.05, 0.1) is 25.4 Å². The Balaban J connectivity index is 1.92. The fourth-order valence-electron chi connectivity index (χ4n) is 2.15. The highest BCUT2D eigenvalue weighted by atomic mass is 19.1. The molecule has 0 radical (unpaired) electrons. The molecule has 0 unspecified atom stereocenters. The molecule has 0 saturated heterocycles. The molecule has 0 aliphatic heterocycles. The molecule has 1 atom stereocenters. The molecule has 0 bridgehead atoms. The maximum atomic E-state index is 13.4. The van der Waals surface area contributed by atoms with Crippen molar-refractivity contribution >= 4 is 6.03 Å². The Morgan fingerprint density at radius 1 is 1.35 bits per heavy atom. The first-order chi connectivity index (χ1) is 11.0. The number of aromatic nitrogens is 1. The van der Waals surface area contributed by atoms with Gasteiger partial charge in [-0.1, -0.05) is 12.1 Å². The molecule has 2 aromatic rings. The summed E-state index contributed by atoms with van der Waals surface area (Å²) in [6.45, 7) is 4.05. The van der Waals surface area contributed by atoms with Crippen LogP contribution in [-0.2, 0) is 6.54 Å². The molecular formula is C17H20FN3O2. The molecule has 0 aliphatic rings. The first-order valence-corrected chi connectivity index (χ1v) is 7.30. The molecule has 23 heavy (non-hydrogen) atoms.